The highest BCUT2D eigenvalue weighted by Gasteiger charge is 2.14. The first-order chi connectivity index (χ1) is 12.5. The van der Waals surface area contributed by atoms with E-state index in [0.717, 1.165) is 12.1 Å². The summed E-state index contributed by atoms with van der Waals surface area (Å²) in [6.07, 6.45) is 0. The second-order valence-electron chi connectivity index (χ2n) is 5.15. The van der Waals surface area contributed by atoms with Gasteiger partial charge in [-0.25, -0.2) is 13.2 Å². The van der Waals surface area contributed by atoms with Crippen molar-refractivity contribution in [2.75, 3.05) is 30.4 Å². The third-order valence-corrected chi connectivity index (χ3v) is 3.30. The Labute approximate surface area is 149 Å². The highest BCUT2D eigenvalue weighted by molar-refractivity contribution is 5.94. The third-order valence-electron chi connectivity index (χ3n) is 3.30. The number of hydrogen-bond donors (Lipinski definition) is 2. The molecule has 2 rings (SSSR count). The number of anilines is 2. The van der Waals surface area contributed by atoms with Gasteiger partial charge in [0.15, 0.2) is 29.0 Å². The maximum atomic E-state index is 13.6. The van der Waals surface area contributed by atoms with Crippen LogP contribution in [0.4, 0.5) is 24.5 Å². The average Bonchev–Trinajstić information content (AvgIpc) is 2.62. The Hall–Kier alpha value is -2.90. The highest BCUT2D eigenvalue weighted by Crippen LogP contribution is 2.30. The van der Waals surface area contributed by atoms with Gasteiger partial charge >= 0.3 is 0 Å². The Bertz CT molecular complexity index is 785. The molecule has 0 unspecified atom stereocenters. The smallest absolute Gasteiger partial charge is 0.243 e. The first-order valence-corrected chi connectivity index (χ1v) is 8.03. The molecule has 8 heteroatoms. The van der Waals surface area contributed by atoms with Crippen molar-refractivity contribution in [3.8, 4) is 11.5 Å². The van der Waals surface area contributed by atoms with Crippen LogP contribution in [0.1, 0.15) is 13.8 Å². The summed E-state index contributed by atoms with van der Waals surface area (Å²) in [6.45, 7) is 4.22. The van der Waals surface area contributed by atoms with Crippen molar-refractivity contribution in [2.45, 2.75) is 13.8 Å². The topological polar surface area (TPSA) is 59.6 Å². The number of carbonyl (C=O) groups excluding carboxylic acids is 1. The van der Waals surface area contributed by atoms with Gasteiger partial charge in [-0.2, -0.15) is 0 Å². The Morgan fingerprint density at radius 2 is 1.65 bits per heavy atom. The van der Waals surface area contributed by atoms with Gasteiger partial charge in [-0.15, -0.1) is 0 Å². The van der Waals surface area contributed by atoms with E-state index in [1.807, 2.05) is 13.8 Å². The predicted molar refractivity (Wildman–Crippen MR) is 92.2 cm³/mol. The number of ether oxygens (including phenoxy) is 2. The fourth-order valence-electron chi connectivity index (χ4n) is 2.17. The van der Waals surface area contributed by atoms with E-state index in [2.05, 4.69) is 10.6 Å². The van der Waals surface area contributed by atoms with E-state index in [9.17, 15) is 18.0 Å². The zero-order chi connectivity index (χ0) is 19.1. The number of nitrogens with one attached hydrogen (secondary N) is 2. The lowest BCUT2D eigenvalue weighted by atomic mass is 10.2. The lowest BCUT2D eigenvalue weighted by Crippen LogP contribution is -2.22. The van der Waals surface area contributed by atoms with E-state index in [0.29, 0.717) is 30.4 Å². The molecular weight excluding hydrogens is 349 g/mol. The first-order valence-electron chi connectivity index (χ1n) is 8.03. The van der Waals surface area contributed by atoms with Gasteiger partial charge < -0.3 is 20.1 Å². The van der Waals surface area contributed by atoms with Gasteiger partial charge in [-0.1, -0.05) is 0 Å². The maximum Gasteiger partial charge on any atom is 0.243 e. The highest BCUT2D eigenvalue weighted by atomic mass is 19.2. The molecule has 2 aromatic rings. The van der Waals surface area contributed by atoms with Crippen molar-refractivity contribution in [3.05, 3.63) is 47.8 Å². The molecular formula is C18H19F3N2O3. The largest absolute Gasteiger partial charge is 0.490 e. The molecule has 0 spiro atoms. The van der Waals surface area contributed by atoms with Crippen LogP contribution in [0, 0.1) is 17.5 Å². The Balaban J connectivity index is 2.01. The SMILES string of the molecule is CCOc1ccc(NC(=O)CNc2ccc(F)c(F)c2F)cc1OCC. The predicted octanol–water partition coefficient (Wildman–Crippen LogP) is 3.95. The fourth-order valence-corrected chi connectivity index (χ4v) is 2.17. The zero-order valence-electron chi connectivity index (χ0n) is 14.4. The van der Waals surface area contributed by atoms with Gasteiger partial charge in [-0.3, -0.25) is 4.79 Å². The van der Waals surface area contributed by atoms with Gasteiger partial charge in [0, 0.05) is 11.8 Å². The zero-order valence-corrected chi connectivity index (χ0v) is 14.4. The van der Waals surface area contributed by atoms with E-state index in [4.69, 9.17) is 9.47 Å². The van der Waals surface area contributed by atoms with Crippen molar-refractivity contribution in [2.24, 2.45) is 0 Å². The summed E-state index contributed by atoms with van der Waals surface area (Å²) in [7, 11) is 0. The molecule has 140 valence electrons. The number of hydrogen-bond acceptors (Lipinski definition) is 4. The fraction of sp³-hybridized carbons (Fsp3) is 0.278. The van der Waals surface area contributed by atoms with Crippen LogP contribution >= 0.6 is 0 Å². The quantitative estimate of drug-likeness (QED) is 0.693. The van der Waals surface area contributed by atoms with Crippen molar-refractivity contribution in [1.29, 1.82) is 0 Å². The van der Waals surface area contributed by atoms with E-state index in [1.54, 1.807) is 18.2 Å². The van der Waals surface area contributed by atoms with E-state index < -0.39 is 23.4 Å². The molecule has 2 aromatic carbocycles. The Morgan fingerprint density at radius 3 is 2.35 bits per heavy atom. The van der Waals surface area contributed by atoms with Crippen LogP contribution in [0.5, 0.6) is 11.5 Å². The molecule has 1 amide bonds. The van der Waals surface area contributed by atoms with Crippen LogP contribution in [0.25, 0.3) is 0 Å². The van der Waals surface area contributed by atoms with E-state index in [1.165, 1.54) is 0 Å². The standard InChI is InChI=1S/C18H19F3N2O3/c1-3-25-14-8-5-11(9-15(14)26-4-2)23-16(24)10-22-13-7-6-12(19)17(20)18(13)21/h5-9,22H,3-4,10H2,1-2H3,(H,23,24). The lowest BCUT2D eigenvalue weighted by Gasteiger charge is -2.13. The number of halogens is 3. The summed E-state index contributed by atoms with van der Waals surface area (Å²) in [5, 5.41) is 5.02. The molecule has 5 nitrogen and oxygen atoms in total. The molecule has 0 aromatic heterocycles. The molecule has 0 aliphatic heterocycles. The Kier molecular flexibility index (Phi) is 6.71. The molecule has 0 radical (unpaired) electrons. The number of rotatable bonds is 8. The second kappa shape index (κ2) is 8.98. The summed E-state index contributed by atoms with van der Waals surface area (Å²) < 4.78 is 50.5. The molecule has 0 saturated heterocycles. The van der Waals surface area contributed by atoms with Crippen LogP contribution in [0.3, 0.4) is 0 Å². The number of benzene rings is 2. The van der Waals surface area contributed by atoms with Crippen molar-refractivity contribution < 1.29 is 27.4 Å². The number of carbonyl (C=O) groups is 1. The van der Waals surface area contributed by atoms with Crippen LogP contribution in [0.2, 0.25) is 0 Å². The minimum absolute atomic E-state index is 0.305. The van der Waals surface area contributed by atoms with Crippen molar-refractivity contribution in [1.82, 2.24) is 0 Å². The van der Waals surface area contributed by atoms with Crippen LogP contribution < -0.4 is 20.1 Å². The third kappa shape index (κ3) is 4.81. The van der Waals surface area contributed by atoms with Crippen LogP contribution in [-0.4, -0.2) is 25.7 Å². The van der Waals surface area contributed by atoms with E-state index in [-0.39, 0.29) is 12.2 Å². The summed E-state index contributed by atoms with van der Waals surface area (Å²) in [4.78, 5) is 12.0. The molecule has 0 atom stereocenters. The van der Waals surface area contributed by atoms with E-state index >= 15 is 0 Å². The average molecular weight is 368 g/mol. The molecule has 0 fully saturated rings. The van der Waals surface area contributed by atoms with Crippen LogP contribution in [0.15, 0.2) is 30.3 Å². The minimum Gasteiger partial charge on any atom is -0.490 e. The summed E-state index contributed by atoms with van der Waals surface area (Å²) >= 11 is 0. The molecule has 2 N–H and O–H groups in total. The first kappa shape index (κ1) is 19.4. The van der Waals surface area contributed by atoms with Crippen LogP contribution in [-0.2, 0) is 4.79 Å². The molecule has 0 saturated carbocycles. The van der Waals surface area contributed by atoms with Gasteiger partial charge in [0.25, 0.3) is 0 Å². The van der Waals surface area contributed by atoms with Crippen molar-refractivity contribution in [3.63, 3.8) is 0 Å². The minimum atomic E-state index is -1.59. The summed E-state index contributed by atoms with van der Waals surface area (Å²) in [6, 6.07) is 6.69. The summed E-state index contributed by atoms with van der Waals surface area (Å²) in [5.74, 6) is -3.74. The lowest BCUT2D eigenvalue weighted by molar-refractivity contribution is -0.114. The van der Waals surface area contributed by atoms with Gasteiger partial charge in [0.2, 0.25) is 5.91 Å². The van der Waals surface area contributed by atoms with Gasteiger partial charge in [0.1, 0.15) is 0 Å². The maximum absolute atomic E-state index is 13.6. The second-order valence-corrected chi connectivity index (χ2v) is 5.15. The van der Waals surface area contributed by atoms with Gasteiger partial charge in [0.05, 0.1) is 25.4 Å². The summed E-state index contributed by atoms with van der Waals surface area (Å²) in [5.41, 5.74) is 0.148. The molecule has 0 heterocycles. The molecule has 0 aliphatic carbocycles. The molecule has 0 bridgehead atoms. The Morgan fingerprint density at radius 1 is 0.962 bits per heavy atom. The van der Waals surface area contributed by atoms with Crippen molar-refractivity contribution >= 4 is 17.3 Å². The monoisotopic (exact) mass is 368 g/mol. The van der Waals surface area contributed by atoms with Gasteiger partial charge in [-0.05, 0) is 38.1 Å². The molecule has 26 heavy (non-hydrogen) atoms. The molecule has 0 aliphatic rings. The normalized spacial score (nSPS) is 10.3. The number of amides is 1.